The first-order valence-corrected chi connectivity index (χ1v) is 7.13. The van der Waals surface area contributed by atoms with Crippen LogP contribution in [-0.4, -0.2) is 37.1 Å². The van der Waals surface area contributed by atoms with Crippen molar-refractivity contribution in [1.82, 2.24) is 10.2 Å². The Kier molecular flexibility index (Phi) is 4.26. The van der Waals surface area contributed by atoms with Crippen LogP contribution in [0.4, 0.5) is 0 Å². The maximum atomic E-state index is 3.54. The first-order chi connectivity index (χ1) is 7.68. The Morgan fingerprint density at radius 3 is 2.62 bits per heavy atom. The minimum Gasteiger partial charge on any atom is -0.316 e. The van der Waals surface area contributed by atoms with Gasteiger partial charge < -0.3 is 5.32 Å². The average Bonchev–Trinajstić information content (AvgIpc) is 2.54. The molecule has 2 heteroatoms. The molecule has 1 saturated carbocycles. The molecule has 0 spiro atoms. The maximum Gasteiger partial charge on any atom is 0.0124 e. The highest BCUT2D eigenvalue weighted by Gasteiger charge is 2.34. The van der Waals surface area contributed by atoms with Gasteiger partial charge in [-0.25, -0.2) is 0 Å². The predicted octanol–water partition coefficient (Wildman–Crippen LogP) is 2.35. The van der Waals surface area contributed by atoms with Gasteiger partial charge in [0.25, 0.3) is 0 Å². The van der Waals surface area contributed by atoms with Gasteiger partial charge in [0.15, 0.2) is 0 Å². The highest BCUT2D eigenvalue weighted by atomic mass is 15.2. The third-order valence-corrected chi connectivity index (χ3v) is 4.73. The molecule has 1 aliphatic carbocycles. The van der Waals surface area contributed by atoms with Crippen LogP contribution >= 0.6 is 0 Å². The zero-order valence-electron chi connectivity index (χ0n) is 11.2. The number of hydrogen-bond acceptors (Lipinski definition) is 2. The molecule has 4 atom stereocenters. The fourth-order valence-electron chi connectivity index (χ4n) is 3.47. The summed E-state index contributed by atoms with van der Waals surface area (Å²) in [5.41, 5.74) is 0. The van der Waals surface area contributed by atoms with E-state index in [2.05, 4.69) is 31.0 Å². The van der Waals surface area contributed by atoms with Gasteiger partial charge in [-0.2, -0.15) is 0 Å². The summed E-state index contributed by atoms with van der Waals surface area (Å²) in [6.07, 6.45) is 4.20. The van der Waals surface area contributed by atoms with Crippen molar-refractivity contribution in [3.63, 3.8) is 0 Å². The second kappa shape index (κ2) is 5.50. The molecule has 0 bridgehead atoms. The van der Waals surface area contributed by atoms with E-state index in [1.807, 2.05) is 0 Å². The summed E-state index contributed by atoms with van der Waals surface area (Å²) < 4.78 is 0. The van der Waals surface area contributed by atoms with Crippen LogP contribution in [0.15, 0.2) is 0 Å². The zero-order chi connectivity index (χ0) is 11.5. The molecule has 2 nitrogen and oxygen atoms in total. The number of rotatable bonds is 1. The van der Waals surface area contributed by atoms with Gasteiger partial charge in [-0.1, -0.05) is 20.8 Å². The molecule has 1 N–H and O–H groups in total. The summed E-state index contributed by atoms with van der Waals surface area (Å²) in [4.78, 5) is 2.79. The van der Waals surface area contributed by atoms with Gasteiger partial charge in [-0.05, 0) is 56.7 Å². The van der Waals surface area contributed by atoms with Gasteiger partial charge in [-0.3, -0.25) is 4.90 Å². The molecule has 0 aromatic heterocycles. The van der Waals surface area contributed by atoms with E-state index < -0.39 is 0 Å². The second-order valence-electron chi connectivity index (χ2n) is 6.14. The average molecular weight is 224 g/mol. The monoisotopic (exact) mass is 224 g/mol. The molecular formula is C14H28N2. The predicted molar refractivity (Wildman–Crippen MR) is 69.6 cm³/mol. The van der Waals surface area contributed by atoms with Crippen LogP contribution in [0.25, 0.3) is 0 Å². The molecule has 2 rings (SSSR count). The van der Waals surface area contributed by atoms with Crippen molar-refractivity contribution >= 4 is 0 Å². The van der Waals surface area contributed by atoms with Crippen LogP contribution in [0.1, 0.15) is 40.0 Å². The van der Waals surface area contributed by atoms with Gasteiger partial charge in [-0.15, -0.1) is 0 Å². The zero-order valence-corrected chi connectivity index (χ0v) is 11.2. The first-order valence-electron chi connectivity index (χ1n) is 7.13. The van der Waals surface area contributed by atoms with Crippen molar-refractivity contribution in [3.05, 3.63) is 0 Å². The number of nitrogens with zero attached hydrogens (tertiary/aromatic N) is 1. The molecule has 94 valence electrons. The Bertz CT molecular complexity index is 217. The van der Waals surface area contributed by atoms with Crippen LogP contribution < -0.4 is 5.32 Å². The van der Waals surface area contributed by atoms with E-state index in [4.69, 9.17) is 0 Å². The van der Waals surface area contributed by atoms with Gasteiger partial charge in [0, 0.05) is 12.6 Å². The Morgan fingerprint density at radius 2 is 1.94 bits per heavy atom. The topological polar surface area (TPSA) is 15.3 Å². The van der Waals surface area contributed by atoms with Crippen LogP contribution in [0.2, 0.25) is 0 Å². The van der Waals surface area contributed by atoms with Gasteiger partial charge in [0.1, 0.15) is 0 Å². The molecule has 0 aromatic carbocycles. The SMILES string of the molecule is CC1CNCCCN(C2CCC(C)C2C)C1. The van der Waals surface area contributed by atoms with Gasteiger partial charge in [0.05, 0.1) is 0 Å². The molecule has 0 radical (unpaired) electrons. The summed E-state index contributed by atoms with van der Waals surface area (Å²) in [5, 5.41) is 3.54. The molecule has 0 amide bonds. The molecule has 2 fully saturated rings. The van der Waals surface area contributed by atoms with Crippen molar-refractivity contribution in [2.24, 2.45) is 17.8 Å². The van der Waals surface area contributed by atoms with Crippen LogP contribution in [0, 0.1) is 17.8 Å². The lowest BCUT2D eigenvalue weighted by Gasteiger charge is -2.36. The molecule has 1 aliphatic heterocycles. The van der Waals surface area contributed by atoms with Crippen LogP contribution in [0.5, 0.6) is 0 Å². The lowest BCUT2D eigenvalue weighted by atomic mass is 9.95. The third-order valence-electron chi connectivity index (χ3n) is 4.73. The molecular weight excluding hydrogens is 196 g/mol. The van der Waals surface area contributed by atoms with E-state index in [1.165, 1.54) is 45.4 Å². The van der Waals surface area contributed by atoms with E-state index in [9.17, 15) is 0 Å². The Hall–Kier alpha value is -0.0800. The molecule has 0 aromatic rings. The Balaban J connectivity index is 1.95. The van der Waals surface area contributed by atoms with E-state index in [1.54, 1.807) is 0 Å². The molecule has 16 heavy (non-hydrogen) atoms. The first kappa shape index (κ1) is 12.4. The van der Waals surface area contributed by atoms with Crippen molar-refractivity contribution in [2.45, 2.75) is 46.1 Å². The minimum absolute atomic E-state index is 0.809. The Morgan fingerprint density at radius 1 is 1.12 bits per heavy atom. The quantitative estimate of drug-likeness (QED) is 0.735. The molecule has 2 aliphatic rings. The van der Waals surface area contributed by atoms with E-state index in [-0.39, 0.29) is 0 Å². The van der Waals surface area contributed by atoms with E-state index in [0.29, 0.717) is 0 Å². The summed E-state index contributed by atoms with van der Waals surface area (Å²) >= 11 is 0. The van der Waals surface area contributed by atoms with Gasteiger partial charge in [0.2, 0.25) is 0 Å². The summed E-state index contributed by atoms with van der Waals surface area (Å²) in [7, 11) is 0. The Labute approximate surface area is 101 Å². The second-order valence-corrected chi connectivity index (χ2v) is 6.14. The summed E-state index contributed by atoms with van der Waals surface area (Å²) in [6.45, 7) is 12.3. The van der Waals surface area contributed by atoms with Crippen LogP contribution in [0.3, 0.4) is 0 Å². The fourth-order valence-corrected chi connectivity index (χ4v) is 3.47. The lowest BCUT2D eigenvalue weighted by molar-refractivity contribution is 0.126. The highest BCUT2D eigenvalue weighted by molar-refractivity contribution is 4.88. The summed E-state index contributed by atoms with van der Waals surface area (Å²) in [5.74, 6) is 2.65. The van der Waals surface area contributed by atoms with Crippen molar-refractivity contribution in [2.75, 3.05) is 26.2 Å². The maximum absolute atomic E-state index is 3.54. The molecule has 1 heterocycles. The number of hydrogen-bond donors (Lipinski definition) is 1. The highest BCUT2D eigenvalue weighted by Crippen LogP contribution is 2.35. The van der Waals surface area contributed by atoms with Crippen molar-refractivity contribution in [1.29, 1.82) is 0 Å². The molecule has 4 unspecified atom stereocenters. The van der Waals surface area contributed by atoms with Crippen molar-refractivity contribution in [3.8, 4) is 0 Å². The fraction of sp³-hybridized carbons (Fsp3) is 1.00. The minimum atomic E-state index is 0.809. The van der Waals surface area contributed by atoms with Crippen LogP contribution in [-0.2, 0) is 0 Å². The largest absolute Gasteiger partial charge is 0.316 e. The van der Waals surface area contributed by atoms with E-state index >= 15 is 0 Å². The standard InChI is InChI=1S/C14H28N2/c1-11-9-15-7-4-8-16(10-11)14-6-5-12(2)13(14)3/h11-15H,4-10H2,1-3H3. The van der Waals surface area contributed by atoms with E-state index in [0.717, 1.165) is 23.8 Å². The van der Waals surface area contributed by atoms with Crippen molar-refractivity contribution < 1.29 is 0 Å². The summed E-state index contributed by atoms with van der Waals surface area (Å²) in [6, 6.07) is 0.871. The normalized spacial score (nSPS) is 42.9. The smallest absolute Gasteiger partial charge is 0.0124 e. The number of nitrogens with one attached hydrogen (secondary N) is 1. The lowest BCUT2D eigenvalue weighted by Crippen LogP contribution is -2.45. The molecule has 1 saturated heterocycles. The van der Waals surface area contributed by atoms with Gasteiger partial charge >= 0.3 is 0 Å². The third kappa shape index (κ3) is 2.78.